The Morgan fingerprint density at radius 1 is 1.30 bits per heavy atom. The van der Waals surface area contributed by atoms with E-state index in [4.69, 9.17) is 11.6 Å². The van der Waals surface area contributed by atoms with Gasteiger partial charge in [0.1, 0.15) is 4.21 Å². The quantitative estimate of drug-likeness (QED) is 0.777. The van der Waals surface area contributed by atoms with Crippen molar-refractivity contribution in [3.63, 3.8) is 0 Å². The van der Waals surface area contributed by atoms with Gasteiger partial charge in [-0.05, 0) is 36.1 Å². The van der Waals surface area contributed by atoms with Crippen LogP contribution < -0.4 is 4.72 Å². The molecular formula is C12H9ClN2O2S3. The third-order valence-electron chi connectivity index (χ3n) is 2.73. The van der Waals surface area contributed by atoms with Gasteiger partial charge in [-0.15, -0.1) is 11.3 Å². The summed E-state index contributed by atoms with van der Waals surface area (Å²) >= 11 is 8.49. The highest BCUT2D eigenvalue weighted by atomic mass is 35.5. The molecule has 104 valence electrons. The number of nitrogens with one attached hydrogen (secondary N) is 1. The molecule has 0 unspecified atom stereocenters. The van der Waals surface area contributed by atoms with Crippen LogP contribution in [0.1, 0.15) is 5.56 Å². The van der Waals surface area contributed by atoms with Gasteiger partial charge in [0.2, 0.25) is 0 Å². The van der Waals surface area contributed by atoms with Crippen molar-refractivity contribution < 1.29 is 8.42 Å². The minimum Gasteiger partial charge on any atom is -0.254 e. The molecule has 0 saturated carbocycles. The van der Waals surface area contributed by atoms with E-state index >= 15 is 0 Å². The first kappa shape index (κ1) is 13.8. The molecule has 2 heterocycles. The fourth-order valence-corrected chi connectivity index (χ4v) is 5.03. The smallest absolute Gasteiger partial charge is 0.254 e. The monoisotopic (exact) mass is 344 g/mol. The lowest BCUT2D eigenvalue weighted by Crippen LogP contribution is -2.10. The molecule has 0 aliphatic carbocycles. The molecule has 8 heteroatoms. The van der Waals surface area contributed by atoms with E-state index in [1.807, 2.05) is 13.0 Å². The van der Waals surface area contributed by atoms with Crippen molar-refractivity contribution in [1.29, 1.82) is 0 Å². The predicted octanol–water partition coefficient (Wildman–Crippen LogP) is 4.12. The molecule has 20 heavy (non-hydrogen) atoms. The number of hydrogen-bond donors (Lipinski definition) is 1. The summed E-state index contributed by atoms with van der Waals surface area (Å²) in [6.07, 6.45) is 0. The highest BCUT2D eigenvalue weighted by Crippen LogP contribution is 2.32. The van der Waals surface area contributed by atoms with Crippen molar-refractivity contribution in [3.8, 4) is 0 Å². The Morgan fingerprint density at radius 3 is 2.80 bits per heavy atom. The molecule has 4 nitrogen and oxygen atoms in total. The number of nitrogens with zero attached hydrogens (tertiary/aromatic N) is 1. The second-order valence-electron chi connectivity index (χ2n) is 4.08. The van der Waals surface area contributed by atoms with Crippen LogP contribution in [0.25, 0.3) is 10.2 Å². The van der Waals surface area contributed by atoms with E-state index < -0.39 is 10.0 Å². The molecule has 2 aromatic heterocycles. The Labute approximate surface area is 129 Å². The highest BCUT2D eigenvalue weighted by molar-refractivity contribution is 7.94. The first-order valence-corrected chi connectivity index (χ1v) is 9.15. The van der Waals surface area contributed by atoms with Gasteiger partial charge in [0, 0.05) is 5.02 Å². The first-order chi connectivity index (χ1) is 9.47. The summed E-state index contributed by atoms with van der Waals surface area (Å²) in [6, 6.07) is 6.88. The van der Waals surface area contributed by atoms with Gasteiger partial charge in [-0.1, -0.05) is 29.0 Å². The number of aryl methyl sites for hydroxylation is 1. The van der Waals surface area contributed by atoms with Gasteiger partial charge in [-0.3, -0.25) is 4.72 Å². The van der Waals surface area contributed by atoms with Crippen molar-refractivity contribution in [2.45, 2.75) is 11.1 Å². The summed E-state index contributed by atoms with van der Waals surface area (Å²) in [5.41, 5.74) is 1.58. The topological polar surface area (TPSA) is 59.1 Å². The number of thiophene rings is 1. The van der Waals surface area contributed by atoms with E-state index in [9.17, 15) is 8.42 Å². The van der Waals surface area contributed by atoms with E-state index in [1.165, 1.54) is 22.7 Å². The minimum absolute atomic E-state index is 0.270. The lowest BCUT2D eigenvalue weighted by atomic mass is 10.2. The Morgan fingerprint density at radius 2 is 2.10 bits per heavy atom. The minimum atomic E-state index is -3.56. The van der Waals surface area contributed by atoms with Crippen LogP contribution in [-0.2, 0) is 10.0 Å². The Bertz CT molecular complexity index is 870. The Kier molecular flexibility index (Phi) is 3.45. The maximum Gasteiger partial charge on any atom is 0.273 e. The summed E-state index contributed by atoms with van der Waals surface area (Å²) < 4.78 is 27.9. The van der Waals surface area contributed by atoms with Crippen molar-refractivity contribution >= 4 is 59.6 Å². The molecule has 0 atom stereocenters. The van der Waals surface area contributed by atoms with Crippen LogP contribution >= 0.6 is 34.3 Å². The average Bonchev–Trinajstić information content (AvgIpc) is 3.02. The number of hydrogen-bond acceptors (Lipinski definition) is 5. The zero-order valence-electron chi connectivity index (χ0n) is 10.3. The maximum absolute atomic E-state index is 12.1. The molecule has 1 N–H and O–H groups in total. The molecule has 0 spiro atoms. The molecule has 0 amide bonds. The third kappa shape index (κ3) is 2.42. The Hall–Kier alpha value is -1.15. The number of benzene rings is 1. The molecule has 0 aliphatic heterocycles. The molecule has 0 bridgehead atoms. The number of thiazole rings is 1. The van der Waals surface area contributed by atoms with E-state index in [2.05, 4.69) is 9.71 Å². The predicted molar refractivity (Wildman–Crippen MR) is 84.5 cm³/mol. The Balaban J connectivity index is 2.02. The summed E-state index contributed by atoms with van der Waals surface area (Å²) in [5, 5.41) is 2.69. The van der Waals surface area contributed by atoms with Gasteiger partial charge in [0.25, 0.3) is 10.0 Å². The number of rotatable bonds is 3. The SMILES string of the molecule is Cc1c(Cl)ccc2sc(NS(=O)(=O)c3cccs3)nc12. The van der Waals surface area contributed by atoms with Crippen LogP contribution in [0, 0.1) is 6.92 Å². The molecular weight excluding hydrogens is 336 g/mol. The lowest BCUT2D eigenvalue weighted by molar-refractivity contribution is 0.603. The molecule has 0 aliphatic rings. The maximum atomic E-state index is 12.1. The van der Waals surface area contributed by atoms with Crippen molar-refractivity contribution in [2.24, 2.45) is 0 Å². The van der Waals surface area contributed by atoms with Crippen LogP contribution in [0.3, 0.4) is 0 Å². The highest BCUT2D eigenvalue weighted by Gasteiger charge is 2.18. The van der Waals surface area contributed by atoms with Gasteiger partial charge >= 0.3 is 0 Å². The van der Waals surface area contributed by atoms with E-state index in [0.717, 1.165) is 15.8 Å². The molecule has 0 fully saturated rings. The van der Waals surface area contributed by atoms with E-state index in [0.29, 0.717) is 10.2 Å². The van der Waals surface area contributed by atoms with Gasteiger partial charge in [0.05, 0.1) is 10.2 Å². The number of aromatic nitrogens is 1. The number of halogens is 1. The van der Waals surface area contributed by atoms with Gasteiger partial charge in [-0.2, -0.15) is 0 Å². The molecule has 3 aromatic rings. The van der Waals surface area contributed by atoms with Crippen LogP contribution in [0.5, 0.6) is 0 Å². The number of sulfonamides is 1. The van der Waals surface area contributed by atoms with Crippen LogP contribution in [-0.4, -0.2) is 13.4 Å². The third-order valence-corrected chi connectivity index (χ3v) is 6.94. The summed E-state index contributed by atoms with van der Waals surface area (Å²) in [7, 11) is -3.56. The summed E-state index contributed by atoms with van der Waals surface area (Å²) in [6.45, 7) is 1.86. The largest absolute Gasteiger partial charge is 0.273 e. The zero-order chi connectivity index (χ0) is 14.3. The van der Waals surface area contributed by atoms with Gasteiger partial charge in [0.15, 0.2) is 5.13 Å². The van der Waals surface area contributed by atoms with Crippen molar-refractivity contribution in [1.82, 2.24) is 4.98 Å². The van der Waals surface area contributed by atoms with Gasteiger partial charge < -0.3 is 0 Å². The van der Waals surface area contributed by atoms with E-state index in [-0.39, 0.29) is 4.21 Å². The number of anilines is 1. The lowest BCUT2D eigenvalue weighted by Gasteiger charge is -2.01. The number of fused-ring (bicyclic) bond motifs is 1. The fourth-order valence-electron chi connectivity index (χ4n) is 1.73. The second kappa shape index (κ2) is 5.00. The fraction of sp³-hybridized carbons (Fsp3) is 0.0833. The molecule has 0 saturated heterocycles. The summed E-state index contributed by atoms with van der Waals surface area (Å²) in [4.78, 5) is 4.32. The summed E-state index contributed by atoms with van der Waals surface area (Å²) in [5.74, 6) is 0. The molecule has 1 aromatic carbocycles. The second-order valence-corrected chi connectivity index (χ2v) is 8.37. The van der Waals surface area contributed by atoms with Crippen LogP contribution in [0.2, 0.25) is 5.02 Å². The van der Waals surface area contributed by atoms with E-state index in [1.54, 1.807) is 23.6 Å². The standard InChI is InChI=1S/C12H9ClN2O2S3/c1-7-8(13)4-5-9-11(7)14-12(19-9)15-20(16,17)10-3-2-6-18-10/h2-6H,1H3,(H,14,15). The van der Waals surface area contributed by atoms with Gasteiger partial charge in [-0.25, -0.2) is 13.4 Å². The van der Waals surface area contributed by atoms with Crippen molar-refractivity contribution in [2.75, 3.05) is 4.72 Å². The normalized spacial score (nSPS) is 11.9. The molecule has 0 radical (unpaired) electrons. The average molecular weight is 345 g/mol. The first-order valence-electron chi connectivity index (χ1n) is 5.59. The van der Waals surface area contributed by atoms with Crippen LogP contribution in [0.4, 0.5) is 5.13 Å². The molecule has 3 rings (SSSR count). The zero-order valence-corrected chi connectivity index (χ0v) is 13.5. The van der Waals surface area contributed by atoms with Crippen molar-refractivity contribution in [3.05, 3.63) is 40.2 Å². The van der Waals surface area contributed by atoms with Crippen LogP contribution in [0.15, 0.2) is 33.9 Å².